The molecule has 0 spiro atoms. The molecule has 0 aromatic heterocycles. The van der Waals surface area contributed by atoms with Gasteiger partial charge in [0.15, 0.2) is 5.17 Å². The van der Waals surface area contributed by atoms with Gasteiger partial charge in [0.05, 0.1) is 0 Å². The van der Waals surface area contributed by atoms with Gasteiger partial charge in [-0.3, -0.25) is 14.4 Å². The number of carbonyl (C=O) groups excluding carboxylic acids is 3. The second kappa shape index (κ2) is 11.3. The van der Waals surface area contributed by atoms with E-state index in [1.54, 1.807) is 36.4 Å². The molecule has 3 amide bonds. The lowest BCUT2D eigenvalue weighted by atomic mass is 10.1. The fourth-order valence-corrected chi connectivity index (χ4v) is 5.04. The zero-order valence-corrected chi connectivity index (χ0v) is 19.6. The van der Waals surface area contributed by atoms with Crippen LogP contribution in [0.15, 0.2) is 53.5 Å². The smallest absolute Gasteiger partial charge is 0.262 e. The van der Waals surface area contributed by atoms with Crippen LogP contribution < -0.4 is 10.6 Å². The van der Waals surface area contributed by atoms with Gasteiger partial charge in [-0.2, -0.15) is 4.99 Å². The average Bonchev–Trinajstić information content (AvgIpc) is 3.21. The zero-order chi connectivity index (χ0) is 23.9. The van der Waals surface area contributed by atoms with Gasteiger partial charge < -0.3 is 15.5 Å². The van der Waals surface area contributed by atoms with Crippen molar-refractivity contribution in [1.82, 2.24) is 10.2 Å². The minimum Gasteiger partial charge on any atom is -0.352 e. The fraction of sp³-hybridized carbons (Fsp3) is 0.360. The van der Waals surface area contributed by atoms with E-state index < -0.39 is 5.25 Å². The second-order valence-electron chi connectivity index (χ2n) is 8.35. The molecule has 0 saturated carbocycles. The Hall–Kier alpha value is -3.20. The predicted octanol–water partition coefficient (Wildman–Crippen LogP) is 3.61. The first-order chi connectivity index (χ1) is 16.5. The normalized spacial score (nSPS) is 17.9. The number of amides is 3. The number of carbonyl (C=O) groups is 3. The van der Waals surface area contributed by atoms with E-state index in [9.17, 15) is 18.8 Å². The number of hydrogen-bond donors (Lipinski definition) is 2. The third kappa shape index (κ3) is 6.44. The number of thioether (sulfide) groups is 1. The number of nitrogens with zero attached hydrogens (tertiary/aromatic N) is 2. The van der Waals surface area contributed by atoms with Gasteiger partial charge in [0.25, 0.3) is 11.8 Å². The number of hydrogen-bond acceptors (Lipinski definition) is 5. The van der Waals surface area contributed by atoms with Crippen molar-refractivity contribution in [3.8, 4) is 0 Å². The van der Waals surface area contributed by atoms with Crippen molar-refractivity contribution >= 4 is 40.3 Å². The fourth-order valence-electron chi connectivity index (χ4n) is 3.92. The van der Waals surface area contributed by atoms with Crippen molar-refractivity contribution in [3.05, 3.63) is 65.5 Å². The number of aliphatic imine (C=N–C) groups is 1. The first-order valence-corrected chi connectivity index (χ1v) is 12.3. The Morgan fingerprint density at radius 1 is 1.09 bits per heavy atom. The van der Waals surface area contributed by atoms with Crippen LogP contribution in [0.25, 0.3) is 0 Å². The van der Waals surface area contributed by atoms with Crippen LogP contribution in [0.3, 0.4) is 0 Å². The molecule has 0 unspecified atom stereocenters. The molecule has 2 heterocycles. The number of likely N-dealkylation sites (tertiary alicyclic amines) is 1. The summed E-state index contributed by atoms with van der Waals surface area (Å²) < 4.78 is 13.0. The number of benzene rings is 2. The van der Waals surface area contributed by atoms with Crippen LogP contribution in [-0.4, -0.2) is 52.7 Å². The molecule has 2 aromatic carbocycles. The molecule has 7 nitrogen and oxygen atoms in total. The number of piperidine rings is 1. The molecule has 0 bridgehead atoms. The van der Waals surface area contributed by atoms with Crippen molar-refractivity contribution in [2.75, 3.05) is 25.0 Å². The van der Waals surface area contributed by atoms with E-state index in [1.165, 1.54) is 30.3 Å². The highest BCUT2D eigenvalue weighted by atomic mass is 32.2. The minimum absolute atomic E-state index is 0.0262. The average molecular weight is 483 g/mol. The molecule has 1 fully saturated rings. The highest BCUT2D eigenvalue weighted by Gasteiger charge is 2.33. The number of amidine groups is 1. The van der Waals surface area contributed by atoms with E-state index in [2.05, 4.69) is 20.5 Å². The van der Waals surface area contributed by atoms with Crippen LogP contribution in [-0.2, 0) is 16.0 Å². The lowest BCUT2D eigenvalue weighted by Gasteiger charge is -2.27. The summed E-state index contributed by atoms with van der Waals surface area (Å²) in [5.41, 5.74) is 1.83. The molecule has 0 aliphatic carbocycles. The summed E-state index contributed by atoms with van der Waals surface area (Å²) in [6, 6.07) is 12.8. The van der Waals surface area contributed by atoms with E-state index in [-0.39, 0.29) is 30.0 Å². The van der Waals surface area contributed by atoms with Crippen molar-refractivity contribution in [1.29, 1.82) is 0 Å². The zero-order valence-electron chi connectivity index (χ0n) is 18.8. The minimum atomic E-state index is -0.519. The lowest BCUT2D eigenvalue weighted by molar-refractivity contribution is -0.121. The highest BCUT2D eigenvalue weighted by molar-refractivity contribution is 8.15. The van der Waals surface area contributed by atoms with Crippen molar-refractivity contribution < 1.29 is 18.8 Å². The number of nitrogens with one attached hydrogen (secondary N) is 2. The van der Waals surface area contributed by atoms with Gasteiger partial charge in [-0.1, -0.05) is 30.0 Å². The largest absolute Gasteiger partial charge is 0.352 e. The van der Waals surface area contributed by atoms with E-state index >= 15 is 0 Å². The first-order valence-electron chi connectivity index (χ1n) is 11.4. The van der Waals surface area contributed by atoms with Gasteiger partial charge in [0, 0.05) is 37.3 Å². The molecule has 34 heavy (non-hydrogen) atoms. The summed E-state index contributed by atoms with van der Waals surface area (Å²) in [4.78, 5) is 43.6. The number of halogens is 1. The molecule has 0 radical (unpaired) electrons. The number of rotatable bonds is 7. The molecular weight excluding hydrogens is 455 g/mol. The van der Waals surface area contributed by atoms with Crippen molar-refractivity contribution in [3.63, 3.8) is 0 Å². The van der Waals surface area contributed by atoms with E-state index in [1.807, 2.05) is 0 Å². The third-order valence-electron chi connectivity index (χ3n) is 5.75. The van der Waals surface area contributed by atoms with Crippen LogP contribution in [0.4, 0.5) is 10.1 Å². The van der Waals surface area contributed by atoms with Crippen LogP contribution in [0.5, 0.6) is 0 Å². The highest BCUT2D eigenvalue weighted by Crippen LogP contribution is 2.29. The Morgan fingerprint density at radius 2 is 1.85 bits per heavy atom. The van der Waals surface area contributed by atoms with Crippen LogP contribution in [0.2, 0.25) is 0 Å². The van der Waals surface area contributed by atoms with Gasteiger partial charge in [0.1, 0.15) is 11.1 Å². The molecule has 9 heteroatoms. The Morgan fingerprint density at radius 3 is 2.62 bits per heavy atom. The van der Waals surface area contributed by atoms with Crippen LogP contribution in [0.1, 0.15) is 41.6 Å². The molecule has 1 atom stereocenters. The van der Waals surface area contributed by atoms with Gasteiger partial charge in [-0.15, -0.1) is 0 Å². The van der Waals surface area contributed by atoms with Gasteiger partial charge in [-0.05, 0) is 61.6 Å². The summed E-state index contributed by atoms with van der Waals surface area (Å²) in [6.07, 6.45) is 3.99. The summed E-state index contributed by atoms with van der Waals surface area (Å²) in [6.45, 7) is 2.20. The van der Waals surface area contributed by atoms with Crippen molar-refractivity contribution in [2.45, 2.75) is 37.4 Å². The Labute approximate surface area is 202 Å². The molecule has 2 aliphatic heterocycles. The maximum Gasteiger partial charge on any atom is 0.262 e. The second-order valence-corrected chi connectivity index (χ2v) is 9.52. The molecule has 2 aliphatic rings. The molecule has 2 aromatic rings. The summed E-state index contributed by atoms with van der Waals surface area (Å²) in [5.74, 6) is -1.12. The third-order valence-corrected chi connectivity index (χ3v) is 6.96. The summed E-state index contributed by atoms with van der Waals surface area (Å²) >= 11 is 1.36. The number of anilines is 1. The standard InChI is InChI=1S/C25H27FN4O3S/c26-19-9-7-17(8-10-19)11-12-27-23(32)18-5-4-6-20(15-18)28-22(31)16-21-24(33)29-25(34-21)30-13-2-1-3-14-30/h4-10,15,21H,1-3,11-14,16H2,(H,27,32)(H,28,31)/t21-/m0/s1. The van der Waals surface area contributed by atoms with Crippen LogP contribution >= 0.6 is 11.8 Å². The maximum atomic E-state index is 13.0. The molecule has 4 rings (SSSR count). The van der Waals surface area contributed by atoms with Gasteiger partial charge >= 0.3 is 0 Å². The van der Waals surface area contributed by atoms with E-state index in [4.69, 9.17) is 0 Å². The Kier molecular flexibility index (Phi) is 7.95. The Balaban J connectivity index is 1.25. The van der Waals surface area contributed by atoms with E-state index in [0.29, 0.717) is 24.2 Å². The topological polar surface area (TPSA) is 90.9 Å². The first kappa shape index (κ1) is 23.9. The summed E-state index contributed by atoms with van der Waals surface area (Å²) in [5, 5.41) is 5.82. The maximum absolute atomic E-state index is 13.0. The van der Waals surface area contributed by atoms with E-state index in [0.717, 1.165) is 36.7 Å². The SMILES string of the molecule is O=C(C[C@@H]1SC(N2CCCCC2)=NC1=O)Nc1cccc(C(=O)NCCc2ccc(F)cc2)c1. The van der Waals surface area contributed by atoms with Gasteiger partial charge in [-0.25, -0.2) is 4.39 Å². The summed E-state index contributed by atoms with van der Waals surface area (Å²) in [7, 11) is 0. The quantitative estimate of drug-likeness (QED) is 0.629. The monoisotopic (exact) mass is 482 g/mol. The molecular formula is C25H27FN4O3S. The molecule has 178 valence electrons. The van der Waals surface area contributed by atoms with Gasteiger partial charge in [0.2, 0.25) is 5.91 Å². The predicted molar refractivity (Wildman–Crippen MR) is 131 cm³/mol. The van der Waals surface area contributed by atoms with Crippen molar-refractivity contribution in [2.24, 2.45) is 4.99 Å². The van der Waals surface area contributed by atoms with Crippen LogP contribution in [0, 0.1) is 5.82 Å². The molecule has 2 N–H and O–H groups in total. The Bertz CT molecular complexity index is 1080. The molecule has 1 saturated heterocycles. The lowest BCUT2D eigenvalue weighted by Crippen LogP contribution is -2.33.